The molecule has 0 aliphatic heterocycles. The Morgan fingerprint density at radius 3 is 2.50 bits per heavy atom. The lowest BCUT2D eigenvalue weighted by atomic mass is 10.1. The fourth-order valence-electron chi connectivity index (χ4n) is 1.91. The van der Waals surface area contributed by atoms with Crippen molar-refractivity contribution in [3.8, 4) is 0 Å². The second-order valence-corrected chi connectivity index (χ2v) is 4.91. The Balaban J connectivity index is 2.00. The summed E-state index contributed by atoms with van der Waals surface area (Å²) in [5, 5.41) is 3.91. The van der Waals surface area contributed by atoms with E-state index in [4.69, 9.17) is 23.1 Å². The Labute approximate surface area is 122 Å². The fraction of sp³-hybridized carbons (Fsp3) is 0.133. The van der Waals surface area contributed by atoms with E-state index >= 15 is 0 Å². The third-order valence-electron chi connectivity index (χ3n) is 2.95. The van der Waals surface area contributed by atoms with Crippen LogP contribution in [0.25, 0.3) is 0 Å². The van der Waals surface area contributed by atoms with E-state index in [1.54, 1.807) is 18.2 Å². The Hall–Kier alpha value is -2.20. The third-order valence-corrected chi connectivity index (χ3v) is 3.20. The van der Waals surface area contributed by atoms with Gasteiger partial charge in [0, 0.05) is 22.9 Å². The third kappa shape index (κ3) is 3.65. The molecule has 1 amide bonds. The van der Waals surface area contributed by atoms with E-state index < -0.39 is 5.91 Å². The minimum absolute atomic E-state index is 0.404. The topological polar surface area (TPSA) is 81.1 Å². The summed E-state index contributed by atoms with van der Waals surface area (Å²) in [6.45, 7) is 0.686. The van der Waals surface area contributed by atoms with E-state index in [9.17, 15) is 4.79 Å². The SMILES string of the molecule is NC(=O)c1cc(N)ccc1NCCc1ccc(Cl)cc1. The first kappa shape index (κ1) is 14.2. The van der Waals surface area contributed by atoms with Crippen LogP contribution in [0.2, 0.25) is 5.02 Å². The molecule has 0 aliphatic rings. The zero-order valence-corrected chi connectivity index (χ0v) is 11.7. The molecule has 0 bridgehead atoms. The quantitative estimate of drug-likeness (QED) is 0.740. The van der Waals surface area contributed by atoms with Gasteiger partial charge in [-0.1, -0.05) is 23.7 Å². The average Bonchev–Trinajstić information content (AvgIpc) is 2.42. The van der Waals surface area contributed by atoms with Crippen LogP contribution in [0.1, 0.15) is 15.9 Å². The van der Waals surface area contributed by atoms with Gasteiger partial charge in [-0.25, -0.2) is 0 Å². The Morgan fingerprint density at radius 2 is 1.85 bits per heavy atom. The van der Waals surface area contributed by atoms with Crippen LogP contribution >= 0.6 is 11.6 Å². The molecule has 0 saturated carbocycles. The highest BCUT2D eigenvalue weighted by atomic mass is 35.5. The molecule has 0 unspecified atom stereocenters. The number of hydrogen-bond acceptors (Lipinski definition) is 3. The van der Waals surface area contributed by atoms with Gasteiger partial charge in [-0.3, -0.25) is 4.79 Å². The van der Waals surface area contributed by atoms with E-state index in [1.807, 2.05) is 24.3 Å². The van der Waals surface area contributed by atoms with Crippen LogP contribution in [0.4, 0.5) is 11.4 Å². The average molecular weight is 290 g/mol. The summed E-state index contributed by atoms with van der Waals surface area (Å²) in [5.74, 6) is -0.494. The van der Waals surface area contributed by atoms with Gasteiger partial charge in [-0.2, -0.15) is 0 Å². The molecule has 2 aromatic carbocycles. The van der Waals surface area contributed by atoms with Crippen molar-refractivity contribution in [1.29, 1.82) is 0 Å². The summed E-state index contributed by atoms with van der Waals surface area (Å²) in [5.41, 5.74) is 13.8. The number of anilines is 2. The summed E-state index contributed by atoms with van der Waals surface area (Å²) >= 11 is 5.83. The Bertz CT molecular complexity index is 611. The molecule has 5 N–H and O–H groups in total. The molecule has 2 aromatic rings. The number of benzene rings is 2. The summed E-state index contributed by atoms with van der Waals surface area (Å²) in [4.78, 5) is 11.4. The highest BCUT2D eigenvalue weighted by Gasteiger charge is 2.08. The van der Waals surface area contributed by atoms with Crippen LogP contribution < -0.4 is 16.8 Å². The van der Waals surface area contributed by atoms with E-state index in [2.05, 4.69) is 5.32 Å². The number of primary amides is 1. The molecule has 0 atom stereocenters. The van der Waals surface area contributed by atoms with Gasteiger partial charge < -0.3 is 16.8 Å². The highest BCUT2D eigenvalue weighted by Crippen LogP contribution is 2.18. The van der Waals surface area contributed by atoms with Gasteiger partial charge in [0.2, 0.25) is 0 Å². The number of rotatable bonds is 5. The number of carbonyl (C=O) groups excluding carboxylic acids is 1. The molecule has 0 radical (unpaired) electrons. The van der Waals surface area contributed by atoms with Crippen LogP contribution in [0.5, 0.6) is 0 Å². The molecular weight excluding hydrogens is 274 g/mol. The van der Waals surface area contributed by atoms with Crippen LogP contribution in [0.15, 0.2) is 42.5 Å². The van der Waals surface area contributed by atoms with E-state index in [0.717, 1.165) is 17.0 Å². The molecule has 0 saturated heterocycles. The van der Waals surface area contributed by atoms with Gasteiger partial charge in [-0.15, -0.1) is 0 Å². The standard InChI is InChI=1S/C15H16ClN3O/c16-11-3-1-10(2-4-11)7-8-19-14-6-5-12(17)9-13(14)15(18)20/h1-6,9,19H,7-8,17H2,(H2,18,20). The molecule has 104 valence electrons. The van der Waals surface area contributed by atoms with Gasteiger partial charge in [-0.05, 0) is 42.3 Å². The van der Waals surface area contributed by atoms with Gasteiger partial charge in [0.05, 0.1) is 5.56 Å². The molecule has 2 rings (SSSR count). The monoisotopic (exact) mass is 289 g/mol. The predicted molar refractivity (Wildman–Crippen MR) is 83.0 cm³/mol. The lowest BCUT2D eigenvalue weighted by Crippen LogP contribution is -2.16. The fourth-order valence-corrected chi connectivity index (χ4v) is 2.04. The van der Waals surface area contributed by atoms with E-state index in [1.165, 1.54) is 0 Å². The summed E-state index contributed by atoms with van der Waals surface area (Å²) in [6, 6.07) is 12.7. The highest BCUT2D eigenvalue weighted by molar-refractivity contribution is 6.30. The number of nitrogens with two attached hydrogens (primary N) is 2. The zero-order valence-electron chi connectivity index (χ0n) is 10.9. The van der Waals surface area contributed by atoms with Crippen molar-refractivity contribution in [2.75, 3.05) is 17.6 Å². The van der Waals surface area contributed by atoms with E-state index in [0.29, 0.717) is 23.5 Å². The lowest BCUT2D eigenvalue weighted by Gasteiger charge is -2.11. The number of nitrogens with one attached hydrogen (secondary N) is 1. The number of hydrogen-bond donors (Lipinski definition) is 3. The van der Waals surface area contributed by atoms with Crippen molar-refractivity contribution in [3.05, 3.63) is 58.6 Å². The van der Waals surface area contributed by atoms with Crippen LogP contribution in [0.3, 0.4) is 0 Å². The molecule has 0 aliphatic carbocycles. The Morgan fingerprint density at radius 1 is 1.15 bits per heavy atom. The van der Waals surface area contributed by atoms with E-state index in [-0.39, 0.29) is 0 Å². The van der Waals surface area contributed by atoms with Gasteiger partial charge in [0.15, 0.2) is 0 Å². The molecule has 0 fully saturated rings. The molecule has 0 aromatic heterocycles. The maximum atomic E-state index is 11.4. The predicted octanol–water partition coefficient (Wildman–Crippen LogP) is 2.68. The maximum Gasteiger partial charge on any atom is 0.250 e. The van der Waals surface area contributed by atoms with Crippen LogP contribution in [-0.4, -0.2) is 12.5 Å². The minimum Gasteiger partial charge on any atom is -0.399 e. The summed E-state index contributed by atoms with van der Waals surface area (Å²) in [7, 11) is 0. The maximum absolute atomic E-state index is 11.4. The van der Waals surface area contributed by atoms with Crippen molar-refractivity contribution in [2.45, 2.75) is 6.42 Å². The first-order valence-corrected chi connectivity index (χ1v) is 6.61. The number of carbonyl (C=O) groups is 1. The van der Waals surface area contributed by atoms with Crippen molar-refractivity contribution in [2.24, 2.45) is 5.73 Å². The zero-order chi connectivity index (χ0) is 14.5. The van der Waals surface area contributed by atoms with Gasteiger partial charge in [0.25, 0.3) is 5.91 Å². The second-order valence-electron chi connectivity index (χ2n) is 4.47. The van der Waals surface area contributed by atoms with Crippen molar-refractivity contribution < 1.29 is 4.79 Å². The molecule has 20 heavy (non-hydrogen) atoms. The minimum atomic E-state index is -0.494. The molecule has 5 heteroatoms. The second kappa shape index (κ2) is 6.30. The number of amides is 1. The van der Waals surface area contributed by atoms with Crippen molar-refractivity contribution >= 4 is 28.9 Å². The molecule has 0 spiro atoms. The molecular formula is C15H16ClN3O. The van der Waals surface area contributed by atoms with Crippen LogP contribution in [-0.2, 0) is 6.42 Å². The first-order chi connectivity index (χ1) is 9.56. The summed E-state index contributed by atoms with van der Waals surface area (Å²) in [6.07, 6.45) is 0.819. The van der Waals surface area contributed by atoms with Crippen molar-refractivity contribution in [3.63, 3.8) is 0 Å². The Kier molecular flexibility index (Phi) is 4.48. The number of nitrogen functional groups attached to an aromatic ring is 1. The normalized spacial score (nSPS) is 10.2. The van der Waals surface area contributed by atoms with Gasteiger partial charge >= 0.3 is 0 Å². The largest absolute Gasteiger partial charge is 0.399 e. The molecule has 0 heterocycles. The first-order valence-electron chi connectivity index (χ1n) is 6.24. The number of halogens is 1. The summed E-state index contributed by atoms with van der Waals surface area (Å²) < 4.78 is 0. The smallest absolute Gasteiger partial charge is 0.250 e. The molecule has 4 nitrogen and oxygen atoms in total. The van der Waals surface area contributed by atoms with Crippen molar-refractivity contribution in [1.82, 2.24) is 0 Å². The van der Waals surface area contributed by atoms with Gasteiger partial charge in [0.1, 0.15) is 0 Å². The van der Waals surface area contributed by atoms with Crippen LogP contribution in [0, 0.1) is 0 Å². The lowest BCUT2D eigenvalue weighted by molar-refractivity contribution is 0.100.